The van der Waals surface area contributed by atoms with Crippen LogP contribution in [-0.2, 0) is 14.8 Å². The van der Waals surface area contributed by atoms with Crippen LogP contribution in [0.15, 0.2) is 82.6 Å². The van der Waals surface area contributed by atoms with Crippen molar-refractivity contribution in [2.45, 2.75) is 16.2 Å². The van der Waals surface area contributed by atoms with Gasteiger partial charge in [0.15, 0.2) is 0 Å². The Labute approximate surface area is 190 Å². The Hall–Kier alpha value is -3.30. The summed E-state index contributed by atoms with van der Waals surface area (Å²) in [4.78, 5) is 25.6. The van der Waals surface area contributed by atoms with Crippen molar-refractivity contribution < 1.29 is 18.0 Å². The highest BCUT2D eigenvalue weighted by molar-refractivity contribution is 7.99. The second-order valence-corrected chi connectivity index (χ2v) is 10.3. The molecule has 0 aromatic heterocycles. The molecule has 1 aliphatic rings. The summed E-state index contributed by atoms with van der Waals surface area (Å²) in [7, 11) is -2.32. The van der Waals surface area contributed by atoms with Gasteiger partial charge >= 0.3 is 0 Å². The maximum atomic E-state index is 13.0. The fraction of sp³-hybridized carbons (Fsp3) is 0.130. The molecule has 9 heteroatoms. The zero-order valence-electron chi connectivity index (χ0n) is 17.2. The van der Waals surface area contributed by atoms with E-state index in [1.807, 2.05) is 6.07 Å². The van der Waals surface area contributed by atoms with Crippen LogP contribution in [0.4, 0.5) is 17.1 Å². The van der Waals surface area contributed by atoms with Crippen LogP contribution in [0.1, 0.15) is 16.8 Å². The topological polar surface area (TPSA) is 95.6 Å². The number of hydrogen-bond acceptors (Lipinski definition) is 5. The predicted octanol–water partition coefficient (Wildman–Crippen LogP) is 4.20. The molecule has 0 atom stereocenters. The minimum atomic E-state index is -3.81. The lowest BCUT2D eigenvalue weighted by atomic mass is 10.1. The number of carbonyl (C=O) groups excluding carboxylic acids is 2. The molecule has 0 bridgehead atoms. The van der Waals surface area contributed by atoms with Gasteiger partial charge in [-0.2, -0.15) is 0 Å². The zero-order chi connectivity index (χ0) is 22.7. The summed E-state index contributed by atoms with van der Waals surface area (Å²) >= 11 is 1.56. The average Bonchev–Trinajstić information content (AvgIpc) is 2.99. The van der Waals surface area contributed by atoms with E-state index in [4.69, 9.17) is 0 Å². The Morgan fingerprint density at radius 1 is 1.03 bits per heavy atom. The van der Waals surface area contributed by atoms with Crippen LogP contribution in [0.3, 0.4) is 0 Å². The Balaban J connectivity index is 1.56. The highest BCUT2D eigenvalue weighted by atomic mass is 32.2. The molecule has 32 heavy (non-hydrogen) atoms. The fourth-order valence-corrected chi connectivity index (χ4v) is 5.41. The molecule has 164 valence electrons. The Morgan fingerprint density at radius 2 is 1.81 bits per heavy atom. The van der Waals surface area contributed by atoms with Gasteiger partial charge in [-0.25, -0.2) is 8.42 Å². The van der Waals surface area contributed by atoms with Gasteiger partial charge in [0, 0.05) is 35.4 Å². The van der Waals surface area contributed by atoms with Gasteiger partial charge in [-0.1, -0.05) is 24.3 Å². The SMILES string of the molecule is CN(c1ccccc1)S(=O)(=O)c1cccc(NC(=O)c2ccc3c(c2)NC(=O)CCS3)c1. The number of carbonyl (C=O) groups is 2. The van der Waals surface area contributed by atoms with E-state index in [2.05, 4.69) is 10.6 Å². The van der Waals surface area contributed by atoms with E-state index in [1.54, 1.807) is 66.4 Å². The number of amides is 2. The summed E-state index contributed by atoms with van der Waals surface area (Å²) in [6.07, 6.45) is 0.416. The Kier molecular flexibility index (Phi) is 6.20. The monoisotopic (exact) mass is 467 g/mol. The van der Waals surface area contributed by atoms with Gasteiger partial charge in [-0.3, -0.25) is 13.9 Å². The van der Waals surface area contributed by atoms with Crippen molar-refractivity contribution in [3.63, 3.8) is 0 Å². The lowest BCUT2D eigenvalue weighted by molar-refractivity contribution is -0.115. The lowest BCUT2D eigenvalue weighted by Gasteiger charge is -2.20. The van der Waals surface area contributed by atoms with E-state index >= 15 is 0 Å². The first-order valence-electron chi connectivity index (χ1n) is 9.87. The molecule has 0 saturated carbocycles. The molecule has 0 radical (unpaired) electrons. The standard InChI is InChI=1S/C23H21N3O4S2/c1-26(18-7-3-2-4-8-18)32(29,30)19-9-5-6-17(15-19)24-23(28)16-10-11-21-20(14-16)25-22(27)12-13-31-21/h2-11,14-15H,12-13H2,1H3,(H,24,28)(H,25,27). The summed E-state index contributed by atoms with van der Waals surface area (Å²) < 4.78 is 27.3. The van der Waals surface area contributed by atoms with Crippen molar-refractivity contribution in [3.05, 3.63) is 78.4 Å². The molecule has 1 heterocycles. The minimum Gasteiger partial charge on any atom is -0.325 e. The number of nitrogens with one attached hydrogen (secondary N) is 2. The quantitative estimate of drug-likeness (QED) is 0.586. The molecule has 2 N–H and O–H groups in total. The zero-order valence-corrected chi connectivity index (χ0v) is 18.9. The molecule has 0 saturated heterocycles. The molecule has 3 aromatic rings. The van der Waals surface area contributed by atoms with Crippen molar-refractivity contribution in [2.75, 3.05) is 27.7 Å². The summed E-state index contributed by atoms with van der Waals surface area (Å²) in [5, 5.41) is 5.56. The van der Waals surface area contributed by atoms with Gasteiger partial charge in [-0.05, 0) is 48.5 Å². The molecule has 7 nitrogen and oxygen atoms in total. The maximum Gasteiger partial charge on any atom is 0.264 e. The maximum absolute atomic E-state index is 13.0. The second kappa shape index (κ2) is 9.05. The van der Waals surface area contributed by atoms with E-state index in [0.29, 0.717) is 34.8 Å². The first-order valence-corrected chi connectivity index (χ1v) is 12.3. The van der Waals surface area contributed by atoms with Crippen molar-refractivity contribution in [1.29, 1.82) is 0 Å². The number of nitrogens with zero attached hydrogens (tertiary/aromatic N) is 1. The molecule has 4 rings (SSSR count). The number of anilines is 3. The number of fused-ring (bicyclic) bond motifs is 1. The van der Waals surface area contributed by atoms with E-state index in [1.165, 1.54) is 23.5 Å². The van der Waals surface area contributed by atoms with Gasteiger partial charge in [0.05, 0.1) is 16.3 Å². The van der Waals surface area contributed by atoms with Crippen LogP contribution < -0.4 is 14.9 Å². The van der Waals surface area contributed by atoms with E-state index in [9.17, 15) is 18.0 Å². The number of hydrogen-bond donors (Lipinski definition) is 2. The lowest BCUT2D eigenvalue weighted by Crippen LogP contribution is -2.26. The van der Waals surface area contributed by atoms with Crippen molar-refractivity contribution in [2.24, 2.45) is 0 Å². The van der Waals surface area contributed by atoms with Crippen LogP contribution in [0, 0.1) is 0 Å². The molecule has 0 aliphatic carbocycles. The van der Waals surface area contributed by atoms with E-state index in [-0.39, 0.29) is 10.8 Å². The Morgan fingerprint density at radius 3 is 2.59 bits per heavy atom. The highest BCUT2D eigenvalue weighted by Crippen LogP contribution is 2.32. The van der Waals surface area contributed by atoms with Gasteiger partial charge in [0.25, 0.3) is 15.9 Å². The molecule has 2 amide bonds. The Bertz CT molecular complexity index is 1280. The van der Waals surface area contributed by atoms with Crippen molar-refractivity contribution in [3.8, 4) is 0 Å². The third-order valence-electron chi connectivity index (χ3n) is 4.97. The van der Waals surface area contributed by atoms with Crippen molar-refractivity contribution >= 4 is 50.7 Å². The van der Waals surface area contributed by atoms with Gasteiger partial charge in [-0.15, -0.1) is 11.8 Å². The van der Waals surface area contributed by atoms with Crippen LogP contribution in [0.25, 0.3) is 0 Å². The second-order valence-electron chi connectivity index (χ2n) is 7.15. The third kappa shape index (κ3) is 4.63. The number of thioether (sulfide) groups is 1. The molecule has 0 spiro atoms. The van der Waals surface area contributed by atoms with Crippen LogP contribution >= 0.6 is 11.8 Å². The normalized spacial score (nSPS) is 13.5. The van der Waals surface area contributed by atoms with Gasteiger partial charge < -0.3 is 10.6 Å². The molecule has 0 fully saturated rings. The van der Waals surface area contributed by atoms with Gasteiger partial charge in [0.1, 0.15) is 0 Å². The first-order chi connectivity index (χ1) is 15.3. The molecular weight excluding hydrogens is 446 g/mol. The minimum absolute atomic E-state index is 0.0623. The van der Waals surface area contributed by atoms with E-state index in [0.717, 1.165) is 4.90 Å². The summed E-state index contributed by atoms with van der Waals surface area (Å²) in [6, 6.07) is 20.0. The molecule has 0 unspecified atom stereocenters. The largest absolute Gasteiger partial charge is 0.325 e. The summed E-state index contributed by atoms with van der Waals surface area (Å²) in [6.45, 7) is 0. The van der Waals surface area contributed by atoms with Crippen LogP contribution in [-0.4, -0.2) is 33.0 Å². The smallest absolute Gasteiger partial charge is 0.264 e. The van der Waals surface area contributed by atoms with Crippen LogP contribution in [0.2, 0.25) is 0 Å². The average molecular weight is 468 g/mol. The molecule has 3 aromatic carbocycles. The number of para-hydroxylation sites is 1. The predicted molar refractivity (Wildman–Crippen MR) is 127 cm³/mol. The number of benzene rings is 3. The van der Waals surface area contributed by atoms with Crippen LogP contribution in [0.5, 0.6) is 0 Å². The molecule has 1 aliphatic heterocycles. The summed E-state index contributed by atoms with van der Waals surface area (Å²) in [5.41, 5.74) is 1.85. The van der Waals surface area contributed by atoms with Gasteiger partial charge in [0.2, 0.25) is 5.91 Å². The van der Waals surface area contributed by atoms with Crippen molar-refractivity contribution in [1.82, 2.24) is 0 Å². The molecular formula is C23H21N3O4S2. The first kappa shape index (κ1) is 21.9. The number of sulfonamides is 1. The number of rotatable bonds is 5. The summed E-state index contributed by atoms with van der Waals surface area (Å²) in [5.74, 6) is 0.194. The fourth-order valence-electron chi connectivity index (χ4n) is 3.23. The van der Waals surface area contributed by atoms with E-state index < -0.39 is 15.9 Å². The highest BCUT2D eigenvalue weighted by Gasteiger charge is 2.22. The third-order valence-corrected chi connectivity index (χ3v) is 7.83.